The minimum absolute atomic E-state index is 0.102. The van der Waals surface area contributed by atoms with Crippen LogP contribution in [0.25, 0.3) is 0 Å². The van der Waals surface area contributed by atoms with Crippen molar-refractivity contribution in [2.45, 2.75) is 51.8 Å². The van der Waals surface area contributed by atoms with Crippen LogP contribution in [0.15, 0.2) is 24.3 Å². The van der Waals surface area contributed by atoms with Gasteiger partial charge in [0.25, 0.3) is 0 Å². The van der Waals surface area contributed by atoms with Crippen molar-refractivity contribution in [3.8, 4) is 5.75 Å². The van der Waals surface area contributed by atoms with Crippen LogP contribution in [0.4, 0.5) is 4.79 Å². The minimum Gasteiger partial charge on any atom is -0.508 e. The van der Waals surface area contributed by atoms with Crippen molar-refractivity contribution in [2.24, 2.45) is 0 Å². The Hall–Kier alpha value is -2.77. The number of phenols is 1. The van der Waals surface area contributed by atoms with Gasteiger partial charge in [-0.05, 0) is 45.4 Å². The molecule has 2 amide bonds. The smallest absolute Gasteiger partial charge is 0.410 e. The Balaban J connectivity index is 2.81. The van der Waals surface area contributed by atoms with E-state index in [1.807, 2.05) is 0 Å². The number of nitrogens with one attached hydrogen (secondary N) is 1. The van der Waals surface area contributed by atoms with Gasteiger partial charge in [0.1, 0.15) is 23.4 Å². The van der Waals surface area contributed by atoms with Gasteiger partial charge in [0.05, 0.1) is 7.11 Å². The Morgan fingerprint density at radius 1 is 1.19 bits per heavy atom. The Morgan fingerprint density at radius 2 is 1.74 bits per heavy atom. The summed E-state index contributed by atoms with van der Waals surface area (Å²) in [4.78, 5) is 37.8. The van der Waals surface area contributed by atoms with Crippen molar-refractivity contribution in [1.29, 1.82) is 0 Å². The summed E-state index contributed by atoms with van der Waals surface area (Å²) in [7, 11) is 2.68. The number of methoxy groups -OCH3 is 1. The third kappa shape index (κ3) is 7.16. The number of nitrogens with zero attached hydrogens (tertiary/aromatic N) is 1. The fourth-order valence-electron chi connectivity index (χ4n) is 2.16. The van der Waals surface area contributed by atoms with E-state index >= 15 is 0 Å². The molecule has 0 radical (unpaired) electrons. The van der Waals surface area contributed by atoms with E-state index < -0.39 is 35.7 Å². The quantitative estimate of drug-likeness (QED) is 0.730. The average Bonchev–Trinajstić information content (AvgIpc) is 2.59. The van der Waals surface area contributed by atoms with Crippen LogP contribution in [-0.4, -0.2) is 59.8 Å². The number of phenolic OH excluding ortho intramolecular Hbond substituents is 1. The Morgan fingerprint density at radius 3 is 2.22 bits per heavy atom. The summed E-state index contributed by atoms with van der Waals surface area (Å²) in [6.07, 6.45) is -0.458. The van der Waals surface area contributed by atoms with Crippen molar-refractivity contribution in [3.05, 3.63) is 29.8 Å². The number of carbonyl (C=O) groups is 3. The Bertz CT molecular complexity index is 666. The summed E-state index contributed by atoms with van der Waals surface area (Å²) in [5.41, 5.74) is 0.0475. The van der Waals surface area contributed by atoms with Gasteiger partial charge in [-0.3, -0.25) is 9.69 Å². The first-order valence-corrected chi connectivity index (χ1v) is 8.56. The first-order valence-electron chi connectivity index (χ1n) is 8.56. The Labute approximate surface area is 159 Å². The molecule has 1 aromatic rings. The van der Waals surface area contributed by atoms with Gasteiger partial charge in [-0.1, -0.05) is 12.1 Å². The van der Waals surface area contributed by atoms with E-state index in [1.54, 1.807) is 32.9 Å². The molecule has 27 heavy (non-hydrogen) atoms. The topological polar surface area (TPSA) is 105 Å². The highest BCUT2D eigenvalue weighted by Gasteiger charge is 2.30. The monoisotopic (exact) mass is 380 g/mol. The number of benzene rings is 1. The fourth-order valence-corrected chi connectivity index (χ4v) is 2.16. The van der Waals surface area contributed by atoms with Crippen LogP contribution in [-0.2, 0) is 25.5 Å². The number of amides is 2. The third-order valence-electron chi connectivity index (χ3n) is 3.82. The van der Waals surface area contributed by atoms with Crippen LogP contribution >= 0.6 is 0 Å². The molecule has 0 aliphatic carbocycles. The normalized spacial score (nSPS) is 13.3. The number of carbonyl (C=O) groups excluding carboxylic acids is 3. The van der Waals surface area contributed by atoms with E-state index in [1.165, 1.54) is 33.2 Å². The van der Waals surface area contributed by atoms with Crippen LogP contribution in [0.1, 0.15) is 33.3 Å². The highest BCUT2D eigenvalue weighted by atomic mass is 16.6. The molecule has 1 rings (SSSR count). The molecule has 8 heteroatoms. The first kappa shape index (κ1) is 22.3. The molecule has 150 valence electrons. The second-order valence-corrected chi connectivity index (χ2v) is 7.22. The maximum absolute atomic E-state index is 12.5. The number of aromatic hydroxyl groups is 1. The molecule has 0 bridgehead atoms. The van der Waals surface area contributed by atoms with Gasteiger partial charge in [0, 0.05) is 13.5 Å². The molecule has 8 nitrogen and oxygen atoms in total. The van der Waals surface area contributed by atoms with Gasteiger partial charge in [-0.25, -0.2) is 9.59 Å². The van der Waals surface area contributed by atoms with Crippen LogP contribution in [0.3, 0.4) is 0 Å². The van der Waals surface area contributed by atoms with Gasteiger partial charge in [-0.15, -0.1) is 0 Å². The zero-order valence-electron chi connectivity index (χ0n) is 16.6. The number of esters is 1. The van der Waals surface area contributed by atoms with Crippen LogP contribution < -0.4 is 5.32 Å². The highest BCUT2D eigenvalue weighted by molar-refractivity contribution is 5.89. The van der Waals surface area contributed by atoms with E-state index in [2.05, 4.69) is 5.32 Å². The molecule has 0 aromatic heterocycles. The molecular weight excluding hydrogens is 352 g/mol. The maximum atomic E-state index is 12.5. The van der Waals surface area contributed by atoms with Crippen molar-refractivity contribution in [2.75, 3.05) is 14.2 Å². The lowest BCUT2D eigenvalue weighted by Crippen LogP contribution is -2.52. The summed E-state index contributed by atoms with van der Waals surface area (Å²) in [5.74, 6) is -1.02. The molecule has 1 aromatic carbocycles. The van der Waals surface area contributed by atoms with Crippen molar-refractivity contribution < 1.29 is 29.0 Å². The van der Waals surface area contributed by atoms with E-state index in [4.69, 9.17) is 9.47 Å². The lowest BCUT2D eigenvalue weighted by Gasteiger charge is -2.29. The summed E-state index contributed by atoms with van der Waals surface area (Å²) in [6, 6.07) is 4.49. The number of rotatable bonds is 6. The minimum atomic E-state index is -0.929. The standard InChI is InChI=1S/C19H28N2O6/c1-12(21(5)18(25)27-19(2,3)4)16(23)20-15(17(24)26-6)11-13-7-9-14(22)10-8-13/h7-10,12,15,22H,11H2,1-6H3,(H,20,23)/t12-,15-/m0/s1. The summed E-state index contributed by atoms with van der Waals surface area (Å²) >= 11 is 0. The lowest BCUT2D eigenvalue weighted by atomic mass is 10.1. The predicted molar refractivity (Wildman–Crippen MR) is 99.2 cm³/mol. The zero-order valence-corrected chi connectivity index (χ0v) is 16.6. The molecule has 0 fully saturated rings. The van der Waals surface area contributed by atoms with Crippen LogP contribution in [0, 0.1) is 0 Å². The highest BCUT2D eigenvalue weighted by Crippen LogP contribution is 2.13. The first-order chi connectivity index (χ1) is 12.4. The van der Waals surface area contributed by atoms with E-state index in [9.17, 15) is 19.5 Å². The molecule has 0 saturated heterocycles. The largest absolute Gasteiger partial charge is 0.508 e. The Kier molecular flexibility index (Phi) is 7.63. The number of likely N-dealkylation sites (N-methyl/N-ethyl adjacent to an activating group) is 1. The van der Waals surface area contributed by atoms with Crippen LogP contribution in [0.5, 0.6) is 5.75 Å². The van der Waals surface area contributed by atoms with Gasteiger partial charge in [0.15, 0.2) is 0 Å². The molecule has 0 saturated carbocycles. The van der Waals surface area contributed by atoms with Gasteiger partial charge in [-0.2, -0.15) is 0 Å². The summed E-state index contributed by atoms with van der Waals surface area (Å²) < 4.78 is 10.00. The third-order valence-corrected chi connectivity index (χ3v) is 3.82. The van der Waals surface area contributed by atoms with Gasteiger partial charge in [0.2, 0.25) is 5.91 Å². The SMILES string of the molecule is COC(=O)[C@H](Cc1ccc(O)cc1)NC(=O)[C@H](C)N(C)C(=O)OC(C)(C)C. The summed E-state index contributed by atoms with van der Waals surface area (Å²) in [6.45, 7) is 6.73. The van der Waals surface area contributed by atoms with Crippen LogP contribution in [0.2, 0.25) is 0 Å². The number of hydrogen-bond donors (Lipinski definition) is 2. The average molecular weight is 380 g/mol. The maximum Gasteiger partial charge on any atom is 0.410 e. The molecule has 0 spiro atoms. The molecular formula is C19H28N2O6. The van der Waals surface area contributed by atoms with Gasteiger partial charge >= 0.3 is 12.1 Å². The molecule has 0 unspecified atom stereocenters. The molecule has 0 aliphatic heterocycles. The second-order valence-electron chi connectivity index (χ2n) is 7.22. The second kappa shape index (κ2) is 9.25. The van der Waals surface area contributed by atoms with Crippen molar-refractivity contribution in [1.82, 2.24) is 10.2 Å². The van der Waals surface area contributed by atoms with E-state index in [-0.39, 0.29) is 12.2 Å². The van der Waals surface area contributed by atoms with Crippen molar-refractivity contribution in [3.63, 3.8) is 0 Å². The molecule has 2 atom stereocenters. The van der Waals surface area contributed by atoms with E-state index in [0.29, 0.717) is 0 Å². The molecule has 0 heterocycles. The van der Waals surface area contributed by atoms with Gasteiger partial charge < -0.3 is 19.9 Å². The van der Waals surface area contributed by atoms with E-state index in [0.717, 1.165) is 10.5 Å². The summed E-state index contributed by atoms with van der Waals surface area (Å²) in [5, 5.41) is 12.0. The zero-order chi connectivity index (χ0) is 20.8. The predicted octanol–water partition coefficient (Wildman–Crippen LogP) is 1.85. The molecule has 2 N–H and O–H groups in total. The number of ether oxygens (including phenoxy) is 2. The fraction of sp³-hybridized carbons (Fsp3) is 0.526. The van der Waals surface area contributed by atoms with Crippen molar-refractivity contribution >= 4 is 18.0 Å². The lowest BCUT2D eigenvalue weighted by molar-refractivity contribution is -0.145. The number of hydrogen-bond acceptors (Lipinski definition) is 6. The molecule has 0 aliphatic rings.